The van der Waals surface area contributed by atoms with Crippen molar-refractivity contribution in [2.24, 2.45) is 11.3 Å². The van der Waals surface area contributed by atoms with E-state index in [1.54, 1.807) is 20.8 Å². The van der Waals surface area contributed by atoms with Gasteiger partial charge in [-0.3, -0.25) is 9.59 Å². The molecule has 2 N–H and O–H groups in total. The number of hydrogen-bond donors (Lipinski definition) is 2. The van der Waals surface area contributed by atoms with Gasteiger partial charge in [-0.1, -0.05) is 65.0 Å². The number of methoxy groups -OCH3 is 1. The SMILES string of the molecule is COC(=O)[C@@H](CC(C)C)NC(=O)[C@H](Cc1ccccc1)NC(=O)C(C)(C)C. The van der Waals surface area contributed by atoms with Gasteiger partial charge in [-0.05, 0) is 17.9 Å². The van der Waals surface area contributed by atoms with Gasteiger partial charge >= 0.3 is 5.97 Å². The van der Waals surface area contributed by atoms with E-state index >= 15 is 0 Å². The first-order valence-electron chi connectivity index (χ1n) is 9.27. The van der Waals surface area contributed by atoms with Gasteiger partial charge in [-0.25, -0.2) is 4.79 Å². The highest BCUT2D eigenvalue weighted by molar-refractivity contribution is 5.92. The standard InChI is InChI=1S/C21H32N2O4/c1-14(2)12-17(19(25)27-6)22-18(24)16(23-20(26)21(3,4)5)13-15-10-8-7-9-11-15/h7-11,14,16-17H,12-13H2,1-6H3,(H,22,24)(H,23,26)/t16-,17+/m0/s1. The lowest BCUT2D eigenvalue weighted by Crippen LogP contribution is -2.54. The van der Waals surface area contributed by atoms with E-state index in [0.29, 0.717) is 12.8 Å². The predicted molar refractivity (Wildman–Crippen MR) is 105 cm³/mol. The molecule has 0 spiro atoms. The molecule has 0 aliphatic heterocycles. The van der Waals surface area contributed by atoms with E-state index in [2.05, 4.69) is 10.6 Å². The molecule has 1 aromatic carbocycles. The Balaban J connectivity index is 2.99. The summed E-state index contributed by atoms with van der Waals surface area (Å²) in [7, 11) is 1.30. The highest BCUT2D eigenvalue weighted by Gasteiger charge is 2.30. The lowest BCUT2D eigenvalue weighted by molar-refractivity contribution is -0.146. The molecule has 27 heavy (non-hydrogen) atoms. The fraction of sp³-hybridized carbons (Fsp3) is 0.571. The van der Waals surface area contributed by atoms with Crippen LogP contribution in [0.1, 0.15) is 46.6 Å². The quantitative estimate of drug-likeness (QED) is 0.683. The third-order valence-corrected chi connectivity index (χ3v) is 4.09. The van der Waals surface area contributed by atoms with E-state index in [0.717, 1.165) is 5.56 Å². The average molecular weight is 376 g/mol. The van der Waals surface area contributed by atoms with Crippen LogP contribution in [0.3, 0.4) is 0 Å². The fourth-order valence-corrected chi connectivity index (χ4v) is 2.53. The normalized spacial score (nSPS) is 13.6. The van der Waals surface area contributed by atoms with Crippen LogP contribution in [0.4, 0.5) is 0 Å². The van der Waals surface area contributed by atoms with Gasteiger partial charge in [0.15, 0.2) is 0 Å². The molecule has 0 bridgehead atoms. The molecule has 6 nitrogen and oxygen atoms in total. The molecule has 0 unspecified atom stereocenters. The van der Waals surface area contributed by atoms with Crippen LogP contribution in [0.2, 0.25) is 0 Å². The van der Waals surface area contributed by atoms with Gasteiger partial charge in [0.25, 0.3) is 0 Å². The molecular formula is C21H32N2O4. The van der Waals surface area contributed by atoms with Crippen LogP contribution in [0.25, 0.3) is 0 Å². The van der Waals surface area contributed by atoms with E-state index in [1.165, 1.54) is 7.11 Å². The van der Waals surface area contributed by atoms with Crippen molar-refractivity contribution in [2.75, 3.05) is 7.11 Å². The minimum Gasteiger partial charge on any atom is -0.467 e. The molecular weight excluding hydrogens is 344 g/mol. The molecule has 0 radical (unpaired) electrons. The van der Waals surface area contributed by atoms with Gasteiger partial charge in [0, 0.05) is 11.8 Å². The number of rotatable bonds is 8. The van der Waals surface area contributed by atoms with E-state index in [4.69, 9.17) is 4.74 Å². The van der Waals surface area contributed by atoms with E-state index in [1.807, 2.05) is 44.2 Å². The number of benzene rings is 1. The number of nitrogens with one attached hydrogen (secondary N) is 2. The minimum absolute atomic E-state index is 0.200. The van der Waals surface area contributed by atoms with Gasteiger partial charge in [0.1, 0.15) is 12.1 Å². The van der Waals surface area contributed by atoms with Gasteiger partial charge in [0.05, 0.1) is 7.11 Å². The van der Waals surface area contributed by atoms with Crippen molar-refractivity contribution < 1.29 is 19.1 Å². The molecule has 1 aromatic rings. The number of hydrogen-bond acceptors (Lipinski definition) is 4. The topological polar surface area (TPSA) is 84.5 Å². The van der Waals surface area contributed by atoms with Crippen LogP contribution in [-0.2, 0) is 25.5 Å². The van der Waals surface area contributed by atoms with Crippen LogP contribution in [0.15, 0.2) is 30.3 Å². The molecule has 0 heterocycles. The van der Waals surface area contributed by atoms with Crippen LogP contribution >= 0.6 is 0 Å². The van der Waals surface area contributed by atoms with Crippen molar-refractivity contribution in [1.29, 1.82) is 0 Å². The maximum absolute atomic E-state index is 12.9. The summed E-state index contributed by atoms with van der Waals surface area (Å²) in [5.74, 6) is -0.909. The zero-order valence-corrected chi connectivity index (χ0v) is 17.2. The highest BCUT2D eigenvalue weighted by Crippen LogP contribution is 2.14. The molecule has 0 aliphatic carbocycles. The maximum atomic E-state index is 12.9. The Labute approximate surface area is 162 Å². The second-order valence-corrected chi connectivity index (χ2v) is 8.18. The Morgan fingerprint density at radius 1 is 1.00 bits per heavy atom. The number of carbonyl (C=O) groups excluding carboxylic acids is 3. The second-order valence-electron chi connectivity index (χ2n) is 8.18. The Morgan fingerprint density at radius 2 is 1.59 bits per heavy atom. The first-order chi connectivity index (χ1) is 12.5. The first kappa shape index (κ1) is 22.7. The highest BCUT2D eigenvalue weighted by atomic mass is 16.5. The van der Waals surface area contributed by atoms with E-state index in [-0.39, 0.29) is 11.8 Å². The Kier molecular flexibility index (Phi) is 8.47. The number of amides is 2. The average Bonchev–Trinajstić information content (AvgIpc) is 2.59. The summed E-state index contributed by atoms with van der Waals surface area (Å²) in [5, 5.41) is 5.57. The molecule has 150 valence electrons. The molecule has 0 aromatic heterocycles. The molecule has 0 saturated heterocycles. The Bertz CT molecular complexity index is 635. The predicted octanol–water partition coefficient (Wildman–Crippen LogP) is 2.46. The van der Waals surface area contributed by atoms with Crippen LogP contribution in [0.5, 0.6) is 0 Å². The van der Waals surface area contributed by atoms with Crippen LogP contribution in [0, 0.1) is 11.3 Å². The maximum Gasteiger partial charge on any atom is 0.328 e. The third-order valence-electron chi connectivity index (χ3n) is 4.09. The van der Waals surface area contributed by atoms with Crippen molar-refractivity contribution in [3.63, 3.8) is 0 Å². The third kappa shape index (κ3) is 7.81. The van der Waals surface area contributed by atoms with Gasteiger partial charge < -0.3 is 15.4 Å². The second kappa shape index (κ2) is 10.1. The lowest BCUT2D eigenvalue weighted by Gasteiger charge is -2.26. The fourth-order valence-electron chi connectivity index (χ4n) is 2.53. The Morgan fingerprint density at radius 3 is 2.07 bits per heavy atom. The zero-order chi connectivity index (χ0) is 20.6. The Hall–Kier alpha value is -2.37. The smallest absolute Gasteiger partial charge is 0.328 e. The number of carbonyl (C=O) groups is 3. The van der Waals surface area contributed by atoms with Crippen LogP contribution in [-0.4, -0.2) is 37.0 Å². The summed E-state index contributed by atoms with van der Waals surface area (Å²) in [6.45, 7) is 9.29. The van der Waals surface area contributed by atoms with Crippen molar-refractivity contribution in [3.8, 4) is 0 Å². The van der Waals surface area contributed by atoms with Gasteiger partial charge in [-0.2, -0.15) is 0 Å². The summed E-state index contributed by atoms with van der Waals surface area (Å²) in [4.78, 5) is 37.4. The van der Waals surface area contributed by atoms with Crippen molar-refractivity contribution in [3.05, 3.63) is 35.9 Å². The molecule has 0 saturated carbocycles. The molecule has 2 amide bonds. The lowest BCUT2D eigenvalue weighted by atomic mass is 9.94. The summed E-state index contributed by atoms with van der Waals surface area (Å²) >= 11 is 0. The van der Waals surface area contributed by atoms with Gasteiger partial charge in [-0.15, -0.1) is 0 Å². The molecule has 1 rings (SSSR count). The molecule has 2 atom stereocenters. The molecule has 0 fully saturated rings. The first-order valence-corrected chi connectivity index (χ1v) is 9.27. The number of ether oxygens (including phenoxy) is 1. The minimum atomic E-state index is -0.779. The summed E-state index contributed by atoms with van der Waals surface area (Å²) in [6, 6.07) is 7.93. The van der Waals surface area contributed by atoms with Crippen molar-refractivity contribution >= 4 is 17.8 Å². The van der Waals surface area contributed by atoms with Crippen molar-refractivity contribution in [2.45, 2.75) is 59.5 Å². The number of esters is 1. The van der Waals surface area contributed by atoms with E-state index < -0.39 is 29.4 Å². The van der Waals surface area contributed by atoms with Crippen LogP contribution < -0.4 is 10.6 Å². The molecule has 0 aliphatic rings. The largest absolute Gasteiger partial charge is 0.467 e. The summed E-state index contributed by atoms with van der Waals surface area (Å²) < 4.78 is 4.81. The zero-order valence-electron chi connectivity index (χ0n) is 17.2. The van der Waals surface area contributed by atoms with E-state index in [9.17, 15) is 14.4 Å². The summed E-state index contributed by atoms with van der Waals surface area (Å²) in [5.41, 5.74) is 0.292. The van der Waals surface area contributed by atoms with Crippen molar-refractivity contribution in [1.82, 2.24) is 10.6 Å². The molecule has 6 heteroatoms. The summed E-state index contributed by atoms with van der Waals surface area (Å²) in [6.07, 6.45) is 0.799. The monoisotopic (exact) mass is 376 g/mol. The van der Waals surface area contributed by atoms with Gasteiger partial charge in [0.2, 0.25) is 11.8 Å².